The average Bonchev–Trinajstić information content (AvgIpc) is 2.83. The second kappa shape index (κ2) is 13.1. The van der Waals surface area contributed by atoms with Crippen molar-refractivity contribution in [3.05, 3.63) is 122 Å². The zero-order valence-corrected chi connectivity index (χ0v) is 19.2. The second-order valence-corrected chi connectivity index (χ2v) is 6.23. The van der Waals surface area contributed by atoms with Gasteiger partial charge >= 0.3 is 20.1 Å². The minimum absolute atomic E-state index is 0. The molecule has 4 rings (SSSR count). The Hall–Kier alpha value is -3.33. The number of hydrogen-bond donors (Lipinski definition) is 1. The Morgan fingerprint density at radius 2 is 1.65 bits per heavy atom. The second-order valence-electron chi connectivity index (χ2n) is 6.23. The third kappa shape index (κ3) is 7.14. The van der Waals surface area contributed by atoms with E-state index in [9.17, 15) is 0 Å². The van der Waals surface area contributed by atoms with Crippen molar-refractivity contribution < 1.29 is 25.2 Å². The average molecular weight is 582 g/mol. The molecule has 2 aromatic carbocycles. The van der Waals surface area contributed by atoms with E-state index in [0.29, 0.717) is 6.42 Å². The van der Waals surface area contributed by atoms with Gasteiger partial charge in [-0.15, -0.1) is 35.9 Å². The summed E-state index contributed by atoms with van der Waals surface area (Å²) in [5.41, 5.74) is 4.65. The Morgan fingerprint density at radius 1 is 0.871 bits per heavy atom. The first-order chi connectivity index (χ1) is 14.8. The summed E-state index contributed by atoms with van der Waals surface area (Å²) in [5, 5.41) is 9.20. The van der Waals surface area contributed by atoms with Gasteiger partial charge in [-0.3, -0.25) is 17.1 Å². The summed E-state index contributed by atoms with van der Waals surface area (Å²) < 4.78 is 0. The van der Waals surface area contributed by atoms with Crippen LogP contribution in [0.4, 0.5) is 0 Å². The monoisotopic (exact) mass is 582 g/mol. The molecule has 0 fully saturated rings. The zero-order valence-electron chi connectivity index (χ0n) is 16.8. The molecular formula is C27H21IrN2O. The van der Waals surface area contributed by atoms with Crippen LogP contribution in [0.3, 0.4) is 0 Å². The molecule has 1 N–H and O–H groups in total. The fourth-order valence-electron chi connectivity index (χ4n) is 2.74. The number of rotatable bonds is 5. The van der Waals surface area contributed by atoms with E-state index >= 15 is 0 Å². The van der Waals surface area contributed by atoms with Crippen LogP contribution in [-0.2, 0) is 20.1 Å². The predicted octanol–water partition coefficient (Wildman–Crippen LogP) is 6.56. The topological polar surface area (TPSA) is 46.0 Å². The largest absolute Gasteiger partial charge is 3.00 e. The summed E-state index contributed by atoms with van der Waals surface area (Å²) in [7, 11) is 0. The Bertz CT molecular complexity index is 1150. The molecule has 0 saturated heterocycles. The number of para-hydroxylation sites is 1. The molecule has 4 heteroatoms. The number of fused-ring (bicyclic) bond motifs is 1. The Kier molecular flexibility index (Phi) is 10.1. The normalized spacial score (nSPS) is 10.5. The van der Waals surface area contributed by atoms with E-state index < -0.39 is 0 Å². The van der Waals surface area contributed by atoms with Gasteiger partial charge in [0.05, 0.1) is 16.9 Å². The van der Waals surface area contributed by atoms with Gasteiger partial charge in [-0.1, -0.05) is 49.1 Å². The molecule has 0 aliphatic heterocycles. The van der Waals surface area contributed by atoms with Crippen molar-refractivity contribution in [2.24, 2.45) is 0 Å². The quantitative estimate of drug-likeness (QED) is 0.165. The van der Waals surface area contributed by atoms with Gasteiger partial charge in [-0.2, -0.15) is 6.08 Å². The van der Waals surface area contributed by atoms with Crippen LogP contribution >= 0.6 is 0 Å². The third-order valence-corrected chi connectivity index (χ3v) is 4.14. The van der Waals surface area contributed by atoms with E-state index in [0.717, 1.165) is 39.8 Å². The molecule has 0 aliphatic carbocycles. The van der Waals surface area contributed by atoms with Crippen LogP contribution in [0.15, 0.2) is 103 Å². The smallest absolute Gasteiger partial charge is 0.600 e. The Balaban J connectivity index is 0.000000329. The van der Waals surface area contributed by atoms with E-state index in [1.165, 1.54) is 12.2 Å². The zero-order chi connectivity index (χ0) is 21.0. The van der Waals surface area contributed by atoms with E-state index in [4.69, 9.17) is 21.7 Å². The van der Waals surface area contributed by atoms with Crippen molar-refractivity contribution >= 4 is 10.9 Å². The van der Waals surface area contributed by atoms with Crippen LogP contribution in [0.2, 0.25) is 0 Å². The molecular weight excluding hydrogens is 561 g/mol. The van der Waals surface area contributed by atoms with Crippen LogP contribution in [0, 0.1) is 18.7 Å². The first-order valence-electron chi connectivity index (χ1n) is 9.52. The fraction of sp³-hybridized carbons (Fsp3) is 0.0370. The molecule has 0 atom stereocenters. The summed E-state index contributed by atoms with van der Waals surface area (Å²) >= 11 is 0. The van der Waals surface area contributed by atoms with Gasteiger partial charge < -0.3 is 11.7 Å². The molecule has 3 nitrogen and oxygen atoms in total. The maximum absolute atomic E-state index is 8.06. The summed E-state index contributed by atoms with van der Waals surface area (Å²) in [6, 6.07) is 29.3. The van der Waals surface area contributed by atoms with Crippen LogP contribution in [0.5, 0.6) is 0 Å². The number of allylic oxidation sites excluding steroid dienone is 4. The van der Waals surface area contributed by atoms with Crippen molar-refractivity contribution in [2.75, 3.05) is 0 Å². The van der Waals surface area contributed by atoms with Crippen molar-refractivity contribution in [1.82, 2.24) is 9.97 Å². The van der Waals surface area contributed by atoms with E-state index in [1.807, 2.05) is 66.7 Å². The maximum Gasteiger partial charge on any atom is 3.00 e. The first-order valence-corrected chi connectivity index (χ1v) is 9.52. The number of hydrogen-bond acceptors (Lipinski definition) is 3. The van der Waals surface area contributed by atoms with Crippen molar-refractivity contribution in [3.63, 3.8) is 0 Å². The molecule has 0 radical (unpaired) electrons. The molecule has 31 heavy (non-hydrogen) atoms. The van der Waals surface area contributed by atoms with Gasteiger partial charge in [0.15, 0.2) is 0 Å². The number of aliphatic hydroxyl groups is 1. The molecule has 0 spiro atoms. The molecule has 154 valence electrons. The standard InChI is InChI=1S/C20H13N2.C7H8O.Ir/c1-2-7-15(8-3-1)18-11-6-12-19(21-18)20-14-13-16-9-4-5-10-17(16)22-20;1-2-3-4-5-6-7-8;/h1-7,9-14H;1-2,4,6-8H,3H2;/q-1;-2;+3. The maximum atomic E-state index is 8.06. The number of aromatic nitrogens is 2. The van der Waals surface area contributed by atoms with Gasteiger partial charge in [-0.25, -0.2) is 11.1 Å². The van der Waals surface area contributed by atoms with Crippen molar-refractivity contribution in [3.8, 4) is 22.6 Å². The van der Waals surface area contributed by atoms with Gasteiger partial charge in [0.25, 0.3) is 0 Å². The first kappa shape index (κ1) is 23.9. The molecule has 0 bridgehead atoms. The molecule has 2 aromatic heterocycles. The van der Waals surface area contributed by atoms with Gasteiger partial charge in [0, 0.05) is 5.39 Å². The molecule has 4 aromatic rings. The van der Waals surface area contributed by atoms with Crippen LogP contribution in [0.1, 0.15) is 6.42 Å². The number of nitrogens with zero attached hydrogens (tertiary/aromatic N) is 2. The van der Waals surface area contributed by atoms with Crippen molar-refractivity contribution in [2.45, 2.75) is 6.42 Å². The minimum Gasteiger partial charge on any atom is -0.600 e. The number of benzene rings is 2. The van der Waals surface area contributed by atoms with Crippen molar-refractivity contribution in [1.29, 1.82) is 0 Å². The molecule has 2 heterocycles. The molecule has 0 amide bonds. The Labute approximate surface area is 196 Å². The van der Waals surface area contributed by atoms with E-state index in [1.54, 1.807) is 6.08 Å². The predicted molar refractivity (Wildman–Crippen MR) is 122 cm³/mol. The molecule has 0 unspecified atom stereocenters. The Morgan fingerprint density at radius 3 is 2.42 bits per heavy atom. The minimum atomic E-state index is 0. The number of pyridine rings is 2. The summed E-state index contributed by atoms with van der Waals surface area (Å²) in [6.07, 6.45) is 8.91. The third-order valence-electron chi connectivity index (χ3n) is 4.14. The van der Waals surface area contributed by atoms with Crippen LogP contribution < -0.4 is 0 Å². The van der Waals surface area contributed by atoms with Gasteiger partial charge in [-0.05, 0) is 23.9 Å². The molecule has 0 saturated carbocycles. The number of aliphatic hydroxyl groups excluding tert-OH is 1. The van der Waals surface area contributed by atoms with Gasteiger partial charge in [0.2, 0.25) is 0 Å². The van der Waals surface area contributed by atoms with E-state index in [2.05, 4.69) is 24.3 Å². The van der Waals surface area contributed by atoms with E-state index in [-0.39, 0.29) is 20.1 Å². The van der Waals surface area contributed by atoms with Gasteiger partial charge in [0.1, 0.15) is 0 Å². The van der Waals surface area contributed by atoms with Crippen LogP contribution in [-0.4, -0.2) is 15.1 Å². The molecule has 0 aliphatic rings. The van der Waals surface area contributed by atoms with Crippen LogP contribution in [0.25, 0.3) is 33.5 Å². The summed E-state index contributed by atoms with van der Waals surface area (Å²) in [6.45, 7) is 5.03. The SMILES string of the molecule is [CH-]=CCC=[C-]C=CO.[Ir+3].[c-]1ccccc1-c1cccc(-c2ccc3ccccc3n2)n1. The summed E-state index contributed by atoms with van der Waals surface area (Å²) in [5.74, 6) is 0. The fourth-order valence-corrected chi connectivity index (χ4v) is 2.74. The summed E-state index contributed by atoms with van der Waals surface area (Å²) in [4.78, 5) is 9.43.